The van der Waals surface area contributed by atoms with Gasteiger partial charge in [-0.05, 0) is 93.0 Å². The summed E-state index contributed by atoms with van der Waals surface area (Å²) < 4.78 is 11.1. The molecule has 0 unspecified atom stereocenters. The maximum absolute atomic E-state index is 13.2. The topological polar surface area (TPSA) is 93.2 Å². The number of amides is 3. The summed E-state index contributed by atoms with van der Waals surface area (Å²) in [4.78, 5) is 54.8. The minimum Gasteiger partial charge on any atom is -0.494 e. The second-order valence-electron chi connectivity index (χ2n) is 10.6. The molecule has 0 aromatic heterocycles. The Morgan fingerprint density at radius 2 is 1.59 bits per heavy atom. The van der Waals surface area contributed by atoms with Gasteiger partial charge in [-0.15, -0.1) is 0 Å². The molecule has 8 nitrogen and oxygen atoms in total. The van der Waals surface area contributed by atoms with E-state index in [1.807, 2.05) is 13.8 Å². The predicted octanol–water partition coefficient (Wildman–Crippen LogP) is 3.89. The fourth-order valence-corrected chi connectivity index (χ4v) is 6.79. The molecule has 2 aromatic carbocycles. The van der Waals surface area contributed by atoms with E-state index in [9.17, 15) is 19.2 Å². The van der Waals surface area contributed by atoms with Crippen LogP contribution in [-0.2, 0) is 19.2 Å². The van der Waals surface area contributed by atoms with Crippen molar-refractivity contribution < 1.29 is 28.7 Å². The van der Waals surface area contributed by atoms with Crippen LogP contribution in [0.3, 0.4) is 0 Å². The summed E-state index contributed by atoms with van der Waals surface area (Å²) in [5, 5.41) is 0. The van der Waals surface area contributed by atoms with Crippen molar-refractivity contribution in [2.24, 2.45) is 29.6 Å². The normalized spacial score (nSPS) is 28.3. The molecule has 4 aliphatic rings. The minimum atomic E-state index is -0.587. The number of fused-ring (bicyclic) bond motifs is 5. The van der Waals surface area contributed by atoms with Gasteiger partial charge in [0.1, 0.15) is 11.5 Å². The van der Waals surface area contributed by atoms with E-state index in [0.717, 1.165) is 25.0 Å². The van der Waals surface area contributed by atoms with Crippen LogP contribution < -0.4 is 19.3 Å². The van der Waals surface area contributed by atoms with Crippen molar-refractivity contribution in [3.63, 3.8) is 0 Å². The van der Waals surface area contributed by atoms with Gasteiger partial charge in [0.2, 0.25) is 17.7 Å². The molecule has 4 fully saturated rings. The number of rotatable bonds is 6. The fraction of sp³-hybridized carbons (Fsp3) is 0.448. The average Bonchev–Trinajstić information content (AvgIpc) is 3.64. The van der Waals surface area contributed by atoms with Crippen LogP contribution >= 0.6 is 0 Å². The lowest BCUT2D eigenvalue weighted by molar-refractivity contribution is -0.139. The standard InChI is InChI=1S/C29H30N2O6/c1-3-36-21-8-6-20(7-9-21)30-15-19(14-24(30)32)29(35)37-22-10-11-23(16(2)12-22)31-27(33)25-17-4-5-18(13-17)26(25)28(31)34/h6-12,17-19,25-26H,3-5,13-15H2,1-2H3/t17-,18+,19-,25-,26-/m0/s1. The van der Waals surface area contributed by atoms with Crippen molar-refractivity contribution >= 4 is 35.1 Å². The molecule has 2 heterocycles. The van der Waals surface area contributed by atoms with E-state index in [0.29, 0.717) is 41.1 Å². The molecule has 2 bridgehead atoms. The van der Waals surface area contributed by atoms with E-state index in [-0.39, 0.29) is 42.5 Å². The maximum Gasteiger partial charge on any atom is 0.316 e. The third kappa shape index (κ3) is 3.90. The van der Waals surface area contributed by atoms with Gasteiger partial charge in [0.05, 0.1) is 30.0 Å². The van der Waals surface area contributed by atoms with Gasteiger partial charge < -0.3 is 14.4 Å². The molecular weight excluding hydrogens is 472 g/mol. The number of benzene rings is 2. The van der Waals surface area contributed by atoms with Gasteiger partial charge in [-0.25, -0.2) is 4.90 Å². The van der Waals surface area contributed by atoms with Crippen LogP contribution in [0.15, 0.2) is 42.5 Å². The minimum absolute atomic E-state index is 0.0744. The summed E-state index contributed by atoms with van der Waals surface area (Å²) in [6.45, 7) is 4.51. The quantitative estimate of drug-likeness (QED) is 0.338. The number of imide groups is 1. The van der Waals surface area contributed by atoms with E-state index in [1.54, 1.807) is 47.4 Å². The van der Waals surface area contributed by atoms with Crippen LogP contribution in [0.4, 0.5) is 11.4 Å². The first-order valence-electron chi connectivity index (χ1n) is 13.1. The summed E-state index contributed by atoms with van der Waals surface area (Å²) >= 11 is 0. The third-order valence-corrected chi connectivity index (χ3v) is 8.47. The van der Waals surface area contributed by atoms with Crippen molar-refractivity contribution in [1.29, 1.82) is 0 Å². The molecule has 2 aromatic rings. The molecule has 0 radical (unpaired) electrons. The lowest BCUT2D eigenvalue weighted by atomic mass is 9.81. The summed E-state index contributed by atoms with van der Waals surface area (Å²) in [5.74, 6) is -0.0301. The Morgan fingerprint density at radius 3 is 2.22 bits per heavy atom. The second-order valence-corrected chi connectivity index (χ2v) is 10.6. The predicted molar refractivity (Wildman–Crippen MR) is 135 cm³/mol. The summed E-state index contributed by atoms with van der Waals surface area (Å²) in [6, 6.07) is 12.2. The number of ether oxygens (including phenoxy) is 2. The van der Waals surface area contributed by atoms with Gasteiger partial charge in [-0.1, -0.05) is 0 Å². The van der Waals surface area contributed by atoms with E-state index in [4.69, 9.17) is 9.47 Å². The molecular formula is C29H30N2O6. The lowest BCUT2D eigenvalue weighted by Crippen LogP contribution is -2.33. The molecule has 0 spiro atoms. The van der Waals surface area contributed by atoms with E-state index in [1.165, 1.54) is 4.90 Å². The third-order valence-electron chi connectivity index (χ3n) is 8.47. The molecule has 2 saturated carbocycles. The largest absolute Gasteiger partial charge is 0.494 e. The number of aryl methyl sites for hydroxylation is 1. The average molecular weight is 503 g/mol. The summed E-state index contributed by atoms with van der Waals surface area (Å²) in [6.07, 6.45) is 3.14. The van der Waals surface area contributed by atoms with Crippen LogP contribution in [0.5, 0.6) is 11.5 Å². The highest BCUT2D eigenvalue weighted by molar-refractivity contribution is 6.23. The maximum atomic E-state index is 13.2. The Hall–Kier alpha value is -3.68. The first kappa shape index (κ1) is 23.7. The van der Waals surface area contributed by atoms with Crippen LogP contribution in [0.2, 0.25) is 0 Å². The Kier molecular flexibility index (Phi) is 5.77. The van der Waals surface area contributed by atoms with Gasteiger partial charge in [-0.3, -0.25) is 19.2 Å². The highest BCUT2D eigenvalue weighted by Crippen LogP contribution is 2.56. The molecule has 6 rings (SSSR count). The second kappa shape index (κ2) is 9.01. The number of esters is 1. The lowest BCUT2D eigenvalue weighted by Gasteiger charge is -2.20. The van der Waals surface area contributed by atoms with Crippen LogP contribution in [-0.4, -0.2) is 36.8 Å². The van der Waals surface area contributed by atoms with Gasteiger partial charge in [0, 0.05) is 18.7 Å². The number of hydrogen-bond donors (Lipinski definition) is 0. The molecule has 5 atom stereocenters. The SMILES string of the molecule is CCOc1ccc(N2C[C@@H](C(=O)Oc3ccc(N4C(=O)[C@H]5[C@@H]6CC[C@@H](C6)[C@@H]5C4=O)c(C)c3)CC2=O)cc1. The smallest absolute Gasteiger partial charge is 0.316 e. The van der Waals surface area contributed by atoms with E-state index < -0.39 is 11.9 Å². The fourth-order valence-electron chi connectivity index (χ4n) is 6.79. The molecule has 2 aliphatic heterocycles. The van der Waals surface area contributed by atoms with E-state index in [2.05, 4.69) is 0 Å². The number of carbonyl (C=O) groups excluding carboxylic acids is 4. The number of hydrogen-bond acceptors (Lipinski definition) is 6. The number of anilines is 2. The monoisotopic (exact) mass is 502 g/mol. The van der Waals surface area contributed by atoms with Crippen LogP contribution in [0.25, 0.3) is 0 Å². The number of nitrogens with zero attached hydrogens (tertiary/aromatic N) is 2. The number of carbonyl (C=O) groups is 4. The van der Waals surface area contributed by atoms with Gasteiger partial charge >= 0.3 is 5.97 Å². The molecule has 3 amide bonds. The molecule has 2 saturated heterocycles. The molecule has 2 aliphatic carbocycles. The molecule has 37 heavy (non-hydrogen) atoms. The summed E-state index contributed by atoms with van der Waals surface area (Å²) in [7, 11) is 0. The highest BCUT2D eigenvalue weighted by atomic mass is 16.5. The highest BCUT2D eigenvalue weighted by Gasteiger charge is 2.61. The first-order chi connectivity index (χ1) is 17.9. The zero-order valence-electron chi connectivity index (χ0n) is 21.0. The molecule has 192 valence electrons. The Labute approximate surface area is 215 Å². The van der Waals surface area contributed by atoms with Crippen molar-refractivity contribution in [3.05, 3.63) is 48.0 Å². The van der Waals surface area contributed by atoms with Crippen molar-refractivity contribution in [2.75, 3.05) is 23.0 Å². The molecule has 0 N–H and O–H groups in total. The van der Waals surface area contributed by atoms with Crippen molar-refractivity contribution in [1.82, 2.24) is 0 Å². The molecule has 8 heteroatoms. The summed E-state index contributed by atoms with van der Waals surface area (Å²) in [5.41, 5.74) is 1.96. The van der Waals surface area contributed by atoms with Gasteiger partial charge in [0.15, 0.2) is 0 Å². The van der Waals surface area contributed by atoms with Crippen LogP contribution in [0, 0.1) is 36.5 Å². The van der Waals surface area contributed by atoms with Gasteiger partial charge in [0.25, 0.3) is 0 Å². The Bertz CT molecular complexity index is 1260. The van der Waals surface area contributed by atoms with Crippen molar-refractivity contribution in [2.45, 2.75) is 39.5 Å². The Morgan fingerprint density at radius 1 is 0.946 bits per heavy atom. The van der Waals surface area contributed by atoms with E-state index >= 15 is 0 Å². The first-order valence-corrected chi connectivity index (χ1v) is 13.1. The van der Waals surface area contributed by atoms with Gasteiger partial charge in [-0.2, -0.15) is 0 Å². The van der Waals surface area contributed by atoms with Crippen LogP contribution in [0.1, 0.15) is 38.2 Å². The zero-order chi connectivity index (χ0) is 25.8. The van der Waals surface area contributed by atoms with Crippen molar-refractivity contribution in [3.8, 4) is 11.5 Å². The zero-order valence-corrected chi connectivity index (χ0v) is 21.0. The Balaban J connectivity index is 1.13.